The van der Waals surface area contributed by atoms with Crippen LogP contribution >= 0.6 is 0 Å². The third-order valence-corrected chi connectivity index (χ3v) is 6.23. The number of aryl methyl sites for hydroxylation is 1. The predicted octanol–water partition coefficient (Wildman–Crippen LogP) is 4.07. The first-order chi connectivity index (χ1) is 16.3. The van der Waals surface area contributed by atoms with Crippen LogP contribution in [0.25, 0.3) is 0 Å². The van der Waals surface area contributed by atoms with E-state index in [0.717, 1.165) is 0 Å². The van der Waals surface area contributed by atoms with Gasteiger partial charge in [-0.25, -0.2) is 23.1 Å². The smallest absolute Gasteiger partial charge is 0.264 e. The van der Waals surface area contributed by atoms with Gasteiger partial charge in [0.2, 0.25) is 5.95 Å². The largest absolute Gasteiger partial charge is 0.322 e. The van der Waals surface area contributed by atoms with E-state index in [9.17, 15) is 18.0 Å². The van der Waals surface area contributed by atoms with E-state index in [1.165, 1.54) is 30.5 Å². The van der Waals surface area contributed by atoms with E-state index in [1.807, 2.05) is 6.07 Å². The Morgan fingerprint density at radius 1 is 0.765 bits per heavy atom. The molecule has 0 aliphatic rings. The Morgan fingerprint density at radius 3 is 2.03 bits per heavy atom. The number of carbonyl (C=O) groups excluding carboxylic acids is 2. The van der Waals surface area contributed by atoms with Crippen molar-refractivity contribution in [2.75, 3.05) is 10.0 Å². The first-order valence-electron chi connectivity index (χ1n) is 10.3. The minimum absolute atomic E-state index is 0.000572. The van der Waals surface area contributed by atoms with E-state index in [2.05, 4.69) is 20.0 Å². The molecule has 8 nitrogen and oxygen atoms in total. The monoisotopic (exact) mass is 472 g/mol. The molecule has 1 amide bonds. The molecule has 1 heterocycles. The second-order valence-electron chi connectivity index (χ2n) is 7.38. The molecule has 4 aromatic rings. The third kappa shape index (κ3) is 5.33. The number of sulfonamides is 1. The second kappa shape index (κ2) is 9.63. The van der Waals surface area contributed by atoms with Gasteiger partial charge in [0.25, 0.3) is 15.9 Å². The summed E-state index contributed by atoms with van der Waals surface area (Å²) >= 11 is 0. The van der Waals surface area contributed by atoms with Crippen LogP contribution in [0.15, 0.2) is 96.0 Å². The van der Waals surface area contributed by atoms with Crippen molar-refractivity contribution in [3.63, 3.8) is 0 Å². The second-order valence-corrected chi connectivity index (χ2v) is 9.06. The minimum Gasteiger partial charge on any atom is -0.322 e. The molecule has 0 aliphatic carbocycles. The van der Waals surface area contributed by atoms with Gasteiger partial charge in [0, 0.05) is 34.3 Å². The zero-order valence-corrected chi connectivity index (χ0v) is 18.9. The highest BCUT2D eigenvalue weighted by Gasteiger charge is 2.16. The van der Waals surface area contributed by atoms with Crippen molar-refractivity contribution in [3.05, 3.63) is 114 Å². The average Bonchev–Trinajstić information content (AvgIpc) is 2.84. The molecule has 4 rings (SSSR count). The van der Waals surface area contributed by atoms with Crippen molar-refractivity contribution in [2.45, 2.75) is 11.8 Å². The fraction of sp³-hybridized carbons (Fsp3) is 0.0400. The summed E-state index contributed by atoms with van der Waals surface area (Å²) < 4.78 is 27.4. The van der Waals surface area contributed by atoms with Crippen LogP contribution < -0.4 is 10.0 Å². The van der Waals surface area contributed by atoms with Crippen LogP contribution in [-0.2, 0) is 10.0 Å². The molecule has 0 saturated heterocycles. The average molecular weight is 473 g/mol. The standard InChI is InChI=1S/C25H20N4O4S/c1-17-15-16-26-25(27-17)29-34(32,33)22-13-11-21(12-14-22)28-24(31)20-9-7-19(8-10-20)23(30)18-5-3-2-4-6-18/h2-16H,1H3,(H,28,31)(H,26,27,29). The number of nitrogens with zero attached hydrogens (tertiary/aromatic N) is 2. The van der Waals surface area contributed by atoms with Gasteiger partial charge in [-0.2, -0.15) is 0 Å². The molecule has 2 N–H and O–H groups in total. The molecule has 1 aromatic heterocycles. The number of nitrogens with one attached hydrogen (secondary N) is 2. The number of hydrogen-bond acceptors (Lipinski definition) is 6. The summed E-state index contributed by atoms with van der Waals surface area (Å²) in [6.45, 7) is 1.73. The Balaban J connectivity index is 1.42. The Morgan fingerprint density at radius 2 is 1.38 bits per heavy atom. The number of benzene rings is 3. The zero-order chi connectivity index (χ0) is 24.1. The third-order valence-electron chi connectivity index (χ3n) is 4.89. The SMILES string of the molecule is Cc1ccnc(NS(=O)(=O)c2ccc(NC(=O)c3ccc(C(=O)c4ccccc4)cc3)cc2)n1. The molecule has 0 atom stereocenters. The lowest BCUT2D eigenvalue weighted by Crippen LogP contribution is -2.16. The summed E-state index contributed by atoms with van der Waals surface area (Å²) in [5, 5.41) is 2.71. The fourth-order valence-electron chi connectivity index (χ4n) is 3.13. The molecule has 0 spiro atoms. The van der Waals surface area contributed by atoms with Crippen LogP contribution in [-0.4, -0.2) is 30.1 Å². The lowest BCUT2D eigenvalue weighted by atomic mass is 10.0. The van der Waals surface area contributed by atoms with Crippen molar-refractivity contribution in [1.29, 1.82) is 0 Å². The molecule has 0 saturated carbocycles. The Hall–Kier alpha value is -4.37. The van der Waals surface area contributed by atoms with Crippen LogP contribution in [0.4, 0.5) is 11.6 Å². The highest BCUT2D eigenvalue weighted by Crippen LogP contribution is 2.18. The maximum atomic E-state index is 12.6. The molecule has 0 fully saturated rings. The van der Waals surface area contributed by atoms with Gasteiger partial charge in [0.05, 0.1) is 4.90 Å². The number of hydrogen-bond donors (Lipinski definition) is 2. The van der Waals surface area contributed by atoms with Gasteiger partial charge in [-0.3, -0.25) is 9.59 Å². The van der Waals surface area contributed by atoms with Crippen molar-refractivity contribution in [1.82, 2.24) is 9.97 Å². The number of carbonyl (C=O) groups is 2. The quantitative estimate of drug-likeness (QED) is 0.392. The Labute approximate surface area is 196 Å². The summed E-state index contributed by atoms with van der Waals surface area (Å²) in [4.78, 5) is 33.0. The van der Waals surface area contributed by atoms with Crippen LogP contribution in [0.5, 0.6) is 0 Å². The van der Waals surface area contributed by atoms with Crippen LogP contribution in [0.1, 0.15) is 32.0 Å². The summed E-state index contributed by atoms with van der Waals surface area (Å²) in [6.07, 6.45) is 1.46. The number of ketones is 1. The highest BCUT2D eigenvalue weighted by atomic mass is 32.2. The lowest BCUT2D eigenvalue weighted by molar-refractivity contribution is 0.102. The summed E-state index contributed by atoms with van der Waals surface area (Å²) in [6, 6.07) is 22.6. The fourth-order valence-corrected chi connectivity index (χ4v) is 4.08. The number of rotatable bonds is 7. The summed E-state index contributed by atoms with van der Waals surface area (Å²) in [5.41, 5.74) is 2.45. The van der Waals surface area contributed by atoms with Crippen molar-refractivity contribution >= 4 is 33.3 Å². The molecule has 9 heteroatoms. The Kier molecular flexibility index (Phi) is 6.46. The first kappa shape index (κ1) is 22.8. The molecule has 0 bridgehead atoms. The van der Waals surface area contributed by atoms with Gasteiger partial charge in [0.15, 0.2) is 5.78 Å². The highest BCUT2D eigenvalue weighted by molar-refractivity contribution is 7.92. The van der Waals surface area contributed by atoms with E-state index in [-0.39, 0.29) is 22.5 Å². The van der Waals surface area contributed by atoms with Gasteiger partial charge >= 0.3 is 0 Å². The first-order valence-corrected chi connectivity index (χ1v) is 11.7. The Bertz CT molecular complexity index is 1440. The molecule has 170 valence electrons. The van der Waals surface area contributed by atoms with E-state index in [4.69, 9.17) is 0 Å². The maximum absolute atomic E-state index is 12.6. The van der Waals surface area contributed by atoms with Gasteiger partial charge in [-0.05, 0) is 49.4 Å². The number of amides is 1. The van der Waals surface area contributed by atoms with Gasteiger partial charge < -0.3 is 5.32 Å². The molecule has 0 unspecified atom stereocenters. The van der Waals surface area contributed by atoms with E-state index >= 15 is 0 Å². The molecule has 0 aliphatic heterocycles. The van der Waals surface area contributed by atoms with Gasteiger partial charge in [0.1, 0.15) is 0 Å². The molecular weight excluding hydrogens is 452 g/mol. The molecule has 3 aromatic carbocycles. The number of aromatic nitrogens is 2. The van der Waals surface area contributed by atoms with Gasteiger partial charge in [-0.15, -0.1) is 0 Å². The van der Waals surface area contributed by atoms with Crippen LogP contribution in [0, 0.1) is 6.92 Å². The van der Waals surface area contributed by atoms with Crippen LogP contribution in [0.2, 0.25) is 0 Å². The minimum atomic E-state index is -3.88. The predicted molar refractivity (Wildman–Crippen MR) is 128 cm³/mol. The van der Waals surface area contributed by atoms with Gasteiger partial charge in [-0.1, -0.05) is 42.5 Å². The number of anilines is 2. The topological polar surface area (TPSA) is 118 Å². The zero-order valence-electron chi connectivity index (χ0n) is 18.1. The summed E-state index contributed by atoms with van der Waals surface area (Å²) in [5.74, 6) is -0.541. The maximum Gasteiger partial charge on any atom is 0.264 e. The van der Waals surface area contributed by atoms with E-state index in [0.29, 0.717) is 28.1 Å². The van der Waals surface area contributed by atoms with Crippen molar-refractivity contribution in [2.24, 2.45) is 0 Å². The summed E-state index contributed by atoms with van der Waals surface area (Å²) in [7, 11) is -3.88. The normalized spacial score (nSPS) is 11.0. The lowest BCUT2D eigenvalue weighted by Gasteiger charge is -2.09. The van der Waals surface area contributed by atoms with E-state index in [1.54, 1.807) is 61.5 Å². The van der Waals surface area contributed by atoms with Crippen molar-refractivity contribution < 1.29 is 18.0 Å². The van der Waals surface area contributed by atoms with Crippen LogP contribution in [0.3, 0.4) is 0 Å². The van der Waals surface area contributed by atoms with E-state index < -0.39 is 10.0 Å². The molecule has 0 radical (unpaired) electrons. The molecule has 34 heavy (non-hydrogen) atoms. The molecular formula is C25H20N4O4S. The van der Waals surface area contributed by atoms with Crippen molar-refractivity contribution in [3.8, 4) is 0 Å².